The number of esters is 1. The molecule has 1 aromatic carbocycles. The molecule has 3 N–H and O–H groups in total. The van der Waals surface area contributed by atoms with Crippen molar-refractivity contribution in [3.05, 3.63) is 35.9 Å². The second kappa shape index (κ2) is 7.13. The molecule has 1 rings (SSSR count). The van der Waals surface area contributed by atoms with Crippen molar-refractivity contribution in [2.45, 2.75) is 24.7 Å². The minimum absolute atomic E-state index is 0.122. The summed E-state index contributed by atoms with van der Waals surface area (Å²) in [5.41, 5.74) is 5.91. The van der Waals surface area contributed by atoms with Gasteiger partial charge >= 0.3 is 5.97 Å². The maximum atomic E-state index is 12.1. The van der Waals surface area contributed by atoms with E-state index in [1.807, 2.05) is 30.3 Å². The first-order chi connectivity index (χ1) is 8.71. The number of hydrogen-bond acceptors (Lipinski definition) is 4. The highest BCUT2D eigenvalue weighted by Crippen LogP contribution is 2.30. The quantitative estimate of drug-likeness (QED) is 0.564. The number of methoxy groups -OCH3 is 1. The number of aliphatic hydroxyl groups is 1. The fourth-order valence-corrected chi connectivity index (χ4v) is 2.16. The van der Waals surface area contributed by atoms with Crippen LogP contribution in [0.15, 0.2) is 30.3 Å². The Labute approximate surface area is 108 Å². The number of benzene rings is 1. The third-order valence-electron chi connectivity index (χ3n) is 3.26. The molecule has 0 saturated carbocycles. The van der Waals surface area contributed by atoms with Gasteiger partial charge in [0.1, 0.15) is 5.41 Å². The average molecular weight is 251 g/mol. The molecule has 18 heavy (non-hydrogen) atoms. The van der Waals surface area contributed by atoms with Gasteiger partial charge < -0.3 is 15.6 Å². The van der Waals surface area contributed by atoms with E-state index in [1.165, 1.54) is 7.11 Å². The average Bonchev–Trinajstić information content (AvgIpc) is 2.44. The topological polar surface area (TPSA) is 72.5 Å². The summed E-state index contributed by atoms with van der Waals surface area (Å²) in [5, 5.41) is 8.85. The zero-order valence-corrected chi connectivity index (χ0v) is 10.8. The number of hydrogen-bond donors (Lipinski definition) is 2. The molecule has 1 atom stereocenters. The molecule has 100 valence electrons. The standard InChI is InChI=1S/C14H21NO3/c1-18-13(17)14(11-15,9-5-6-10-16)12-7-3-2-4-8-12/h2-4,7-8,16H,5-6,9-11,15H2,1H3. The van der Waals surface area contributed by atoms with Crippen LogP contribution in [0.2, 0.25) is 0 Å². The maximum absolute atomic E-state index is 12.1. The maximum Gasteiger partial charge on any atom is 0.317 e. The summed E-state index contributed by atoms with van der Waals surface area (Å²) in [7, 11) is 1.38. The Morgan fingerprint density at radius 2 is 2.00 bits per heavy atom. The number of carbonyl (C=O) groups excluding carboxylic acids is 1. The van der Waals surface area contributed by atoms with Gasteiger partial charge in [-0.15, -0.1) is 0 Å². The molecule has 0 radical (unpaired) electrons. The van der Waals surface area contributed by atoms with Crippen molar-refractivity contribution in [3.63, 3.8) is 0 Å². The largest absolute Gasteiger partial charge is 0.468 e. The number of aliphatic hydroxyl groups excluding tert-OH is 1. The Morgan fingerprint density at radius 3 is 2.50 bits per heavy atom. The van der Waals surface area contributed by atoms with Crippen LogP contribution in [0.25, 0.3) is 0 Å². The summed E-state index contributed by atoms with van der Waals surface area (Å²) in [4.78, 5) is 12.1. The van der Waals surface area contributed by atoms with Crippen LogP contribution in [0.4, 0.5) is 0 Å². The monoisotopic (exact) mass is 251 g/mol. The van der Waals surface area contributed by atoms with Crippen molar-refractivity contribution in [3.8, 4) is 0 Å². The Hall–Kier alpha value is -1.39. The smallest absolute Gasteiger partial charge is 0.317 e. The Bertz CT molecular complexity index is 367. The molecule has 0 fully saturated rings. The van der Waals surface area contributed by atoms with Crippen LogP contribution in [0, 0.1) is 0 Å². The summed E-state index contributed by atoms with van der Waals surface area (Å²) in [6, 6.07) is 9.45. The van der Waals surface area contributed by atoms with E-state index < -0.39 is 5.41 Å². The highest BCUT2D eigenvalue weighted by Gasteiger charge is 2.39. The molecule has 0 aromatic heterocycles. The van der Waals surface area contributed by atoms with E-state index in [0.29, 0.717) is 12.8 Å². The van der Waals surface area contributed by atoms with E-state index in [4.69, 9.17) is 15.6 Å². The van der Waals surface area contributed by atoms with E-state index in [1.54, 1.807) is 0 Å². The van der Waals surface area contributed by atoms with Gasteiger partial charge in [-0.25, -0.2) is 0 Å². The molecule has 0 heterocycles. The molecular formula is C14H21NO3. The summed E-state index contributed by atoms with van der Waals surface area (Å²) in [5.74, 6) is -0.311. The number of nitrogens with two attached hydrogens (primary N) is 1. The molecule has 0 bridgehead atoms. The zero-order valence-electron chi connectivity index (χ0n) is 10.8. The van der Waals surface area contributed by atoms with Crippen LogP contribution in [-0.2, 0) is 14.9 Å². The third-order valence-corrected chi connectivity index (χ3v) is 3.26. The van der Waals surface area contributed by atoms with E-state index in [9.17, 15) is 4.79 Å². The van der Waals surface area contributed by atoms with E-state index >= 15 is 0 Å². The predicted molar refractivity (Wildman–Crippen MR) is 70.1 cm³/mol. The van der Waals surface area contributed by atoms with E-state index in [2.05, 4.69) is 0 Å². The number of unbranched alkanes of at least 4 members (excludes halogenated alkanes) is 1. The van der Waals surface area contributed by atoms with Gasteiger partial charge in [0.25, 0.3) is 0 Å². The summed E-state index contributed by atoms with van der Waals surface area (Å²) in [6.07, 6.45) is 1.98. The molecule has 0 spiro atoms. The molecule has 1 aromatic rings. The van der Waals surface area contributed by atoms with Gasteiger partial charge in [-0.3, -0.25) is 4.79 Å². The highest BCUT2D eigenvalue weighted by molar-refractivity contribution is 5.83. The van der Waals surface area contributed by atoms with E-state index in [0.717, 1.165) is 12.0 Å². The molecule has 0 aliphatic heterocycles. The van der Waals surface area contributed by atoms with Crippen molar-refractivity contribution >= 4 is 5.97 Å². The van der Waals surface area contributed by atoms with Gasteiger partial charge in [0, 0.05) is 13.2 Å². The number of rotatable bonds is 7. The summed E-state index contributed by atoms with van der Waals surface area (Å²) in [6.45, 7) is 0.325. The first kappa shape index (κ1) is 14.7. The van der Waals surface area contributed by atoms with Gasteiger partial charge in [-0.2, -0.15) is 0 Å². The summed E-state index contributed by atoms with van der Waals surface area (Å²) < 4.78 is 4.91. The first-order valence-electron chi connectivity index (χ1n) is 6.16. The lowest BCUT2D eigenvalue weighted by Crippen LogP contribution is -2.43. The van der Waals surface area contributed by atoms with Crippen LogP contribution in [0.1, 0.15) is 24.8 Å². The molecule has 0 saturated heterocycles. The number of carbonyl (C=O) groups is 1. The third kappa shape index (κ3) is 3.09. The Balaban J connectivity index is 3.02. The van der Waals surface area contributed by atoms with Crippen LogP contribution < -0.4 is 5.73 Å². The second-order valence-corrected chi connectivity index (χ2v) is 4.32. The lowest BCUT2D eigenvalue weighted by Gasteiger charge is -2.30. The van der Waals surface area contributed by atoms with Crippen molar-refractivity contribution in [1.29, 1.82) is 0 Å². The number of ether oxygens (including phenoxy) is 1. The van der Waals surface area contributed by atoms with Gasteiger partial charge in [0.2, 0.25) is 0 Å². The molecule has 0 aliphatic rings. The van der Waals surface area contributed by atoms with Crippen molar-refractivity contribution in [2.24, 2.45) is 5.73 Å². The second-order valence-electron chi connectivity index (χ2n) is 4.32. The van der Waals surface area contributed by atoms with Gasteiger partial charge in [0.15, 0.2) is 0 Å². The normalized spacial score (nSPS) is 13.9. The van der Waals surface area contributed by atoms with Crippen molar-refractivity contribution < 1.29 is 14.6 Å². The molecule has 1 unspecified atom stereocenters. The van der Waals surface area contributed by atoms with Crippen molar-refractivity contribution in [2.75, 3.05) is 20.3 Å². The fourth-order valence-electron chi connectivity index (χ4n) is 2.16. The fraction of sp³-hybridized carbons (Fsp3) is 0.500. The minimum atomic E-state index is -0.800. The van der Waals surface area contributed by atoms with Gasteiger partial charge in [0.05, 0.1) is 7.11 Å². The van der Waals surface area contributed by atoms with Crippen LogP contribution in [-0.4, -0.2) is 31.3 Å². The Morgan fingerprint density at radius 1 is 1.33 bits per heavy atom. The first-order valence-corrected chi connectivity index (χ1v) is 6.16. The minimum Gasteiger partial charge on any atom is -0.468 e. The van der Waals surface area contributed by atoms with Crippen molar-refractivity contribution in [1.82, 2.24) is 0 Å². The lowest BCUT2D eigenvalue weighted by atomic mass is 9.76. The van der Waals surface area contributed by atoms with Crippen LogP contribution >= 0.6 is 0 Å². The van der Waals surface area contributed by atoms with Gasteiger partial charge in [-0.1, -0.05) is 30.3 Å². The van der Waals surface area contributed by atoms with Gasteiger partial charge in [-0.05, 0) is 24.8 Å². The van der Waals surface area contributed by atoms with Crippen LogP contribution in [0.5, 0.6) is 0 Å². The zero-order chi connectivity index (χ0) is 13.4. The molecule has 0 aliphatic carbocycles. The lowest BCUT2D eigenvalue weighted by molar-refractivity contribution is -0.147. The molecular weight excluding hydrogens is 230 g/mol. The SMILES string of the molecule is COC(=O)C(CN)(CCCCO)c1ccccc1. The molecule has 4 nitrogen and oxygen atoms in total. The predicted octanol–water partition coefficient (Wildman–Crippen LogP) is 1.22. The Kier molecular flexibility index (Phi) is 5.82. The summed E-state index contributed by atoms with van der Waals surface area (Å²) >= 11 is 0. The molecule has 4 heteroatoms. The molecule has 0 amide bonds. The van der Waals surface area contributed by atoms with Crippen LogP contribution in [0.3, 0.4) is 0 Å². The highest BCUT2D eigenvalue weighted by atomic mass is 16.5. The van der Waals surface area contributed by atoms with E-state index in [-0.39, 0.29) is 19.1 Å².